The van der Waals surface area contributed by atoms with Gasteiger partial charge in [0.25, 0.3) is 5.91 Å². The summed E-state index contributed by atoms with van der Waals surface area (Å²) < 4.78 is 1.99. The fraction of sp³-hybridized carbons (Fsp3) is 0.438. The molecule has 3 rings (SSSR count). The summed E-state index contributed by atoms with van der Waals surface area (Å²) in [4.78, 5) is 13.3. The molecule has 1 N–H and O–H groups in total. The van der Waals surface area contributed by atoms with Crippen LogP contribution in [0.15, 0.2) is 36.0 Å². The van der Waals surface area contributed by atoms with Gasteiger partial charge in [-0.2, -0.15) is 0 Å². The van der Waals surface area contributed by atoms with E-state index in [-0.39, 0.29) is 5.91 Å². The van der Waals surface area contributed by atoms with Crippen LogP contribution in [0.5, 0.6) is 0 Å². The number of carbonyl (C=O) groups is 1. The van der Waals surface area contributed by atoms with Crippen molar-refractivity contribution >= 4 is 17.2 Å². The molecule has 2 aromatic heterocycles. The van der Waals surface area contributed by atoms with E-state index in [1.54, 1.807) is 0 Å². The van der Waals surface area contributed by atoms with Crippen LogP contribution in [0, 0.1) is 5.41 Å². The molecule has 2 heterocycles. The molecular weight excluding hydrogens is 268 g/mol. The molecule has 1 aliphatic rings. The van der Waals surface area contributed by atoms with Crippen molar-refractivity contribution in [3.63, 3.8) is 0 Å². The fourth-order valence-corrected chi connectivity index (χ4v) is 3.77. The molecule has 0 radical (unpaired) electrons. The van der Waals surface area contributed by atoms with Gasteiger partial charge in [0.15, 0.2) is 0 Å². The van der Waals surface area contributed by atoms with E-state index >= 15 is 0 Å². The van der Waals surface area contributed by atoms with Crippen LogP contribution in [0.4, 0.5) is 0 Å². The first-order valence-electron chi connectivity index (χ1n) is 7.07. The third-order valence-electron chi connectivity index (χ3n) is 4.04. The zero-order valence-electron chi connectivity index (χ0n) is 11.9. The second kappa shape index (κ2) is 5.09. The molecule has 3 nitrogen and oxygen atoms in total. The number of hydrogen-bond acceptors (Lipinski definition) is 2. The number of thiophene rings is 1. The second-order valence-corrected chi connectivity index (χ2v) is 7.22. The van der Waals surface area contributed by atoms with Crippen LogP contribution in [0.2, 0.25) is 0 Å². The minimum atomic E-state index is 0.0615. The van der Waals surface area contributed by atoms with Gasteiger partial charge in [-0.25, -0.2) is 0 Å². The van der Waals surface area contributed by atoms with Gasteiger partial charge in [0.05, 0.1) is 5.69 Å². The van der Waals surface area contributed by atoms with Gasteiger partial charge in [-0.3, -0.25) is 4.79 Å². The van der Waals surface area contributed by atoms with Crippen LogP contribution in [-0.4, -0.2) is 16.5 Å². The van der Waals surface area contributed by atoms with Gasteiger partial charge < -0.3 is 9.88 Å². The van der Waals surface area contributed by atoms with Crippen LogP contribution < -0.4 is 5.32 Å². The molecule has 1 amide bonds. The van der Waals surface area contributed by atoms with Crippen molar-refractivity contribution in [3.8, 4) is 5.69 Å². The Balaban J connectivity index is 1.74. The minimum absolute atomic E-state index is 0.0615. The normalized spacial score (nSPS) is 21.0. The molecule has 2 aromatic rings. The quantitative estimate of drug-likeness (QED) is 0.914. The zero-order valence-corrected chi connectivity index (χ0v) is 12.7. The number of rotatable bonds is 3. The lowest BCUT2D eigenvalue weighted by molar-refractivity contribution is 0.0940. The Morgan fingerprint density at radius 3 is 2.80 bits per heavy atom. The summed E-state index contributed by atoms with van der Waals surface area (Å²) in [7, 11) is 0. The number of nitrogens with one attached hydrogen (secondary N) is 1. The molecule has 1 saturated carbocycles. The van der Waals surface area contributed by atoms with Gasteiger partial charge in [-0.1, -0.05) is 13.8 Å². The second-order valence-electron chi connectivity index (χ2n) is 6.30. The Kier molecular flexibility index (Phi) is 3.42. The van der Waals surface area contributed by atoms with E-state index in [1.807, 2.05) is 40.5 Å². The molecule has 1 fully saturated rings. The Labute approximate surface area is 123 Å². The number of amides is 1. The minimum Gasteiger partial charge on any atom is -0.349 e. The maximum absolute atomic E-state index is 12.5. The molecule has 106 valence electrons. The zero-order chi connectivity index (χ0) is 14.2. The average molecular weight is 288 g/mol. The van der Waals surface area contributed by atoms with Crippen LogP contribution in [-0.2, 0) is 0 Å². The SMILES string of the molecule is CC1(C)CCC(NC(=O)c2sccc2-n2cccc2)C1. The summed E-state index contributed by atoms with van der Waals surface area (Å²) in [5.41, 5.74) is 1.33. The summed E-state index contributed by atoms with van der Waals surface area (Å²) in [6.45, 7) is 4.55. The molecule has 1 aliphatic carbocycles. The van der Waals surface area contributed by atoms with Crippen molar-refractivity contribution in [3.05, 3.63) is 40.8 Å². The summed E-state index contributed by atoms with van der Waals surface area (Å²) >= 11 is 1.51. The van der Waals surface area contributed by atoms with E-state index in [0.717, 1.165) is 23.4 Å². The standard InChI is InChI=1S/C16H20N2OS/c1-16(2)7-5-12(11-16)17-15(19)14-13(6-10-20-14)18-8-3-4-9-18/h3-4,6,8-10,12H,5,7,11H2,1-2H3,(H,17,19). The van der Waals surface area contributed by atoms with Crippen molar-refractivity contribution in [1.29, 1.82) is 0 Å². The summed E-state index contributed by atoms with van der Waals surface area (Å²) in [6, 6.07) is 6.26. The number of aromatic nitrogens is 1. The maximum atomic E-state index is 12.5. The topological polar surface area (TPSA) is 34.0 Å². The highest BCUT2D eigenvalue weighted by molar-refractivity contribution is 7.12. The van der Waals surface area contributed by atoms with E-state index in [4.69, 9.17) is 0 Å². The van der Waals surface area contributed by atoms with Crippen LogP contribution >= 0.6 is 11.3 Å². The molecule has 0 aliphatic heterocycles. The third-order valence-corrected chi connectivity index (χ3v) is 4.94. The smallest absolute Gasteiger partial charge is 0.263 e. The van der Waals surface area contributed by atoms with Crippen molar-refractivity contribution < 1.29 is 4.79 Å². The van der Waals surface area contributed by atoms with Gasteiger partial charge in [0, 0.05) is 18.4 Å². The van der Waals surface area contributed by atoms with Gasteiger partial charge in [-0.05, 0) is 48.3 Å². The highest BCUT2D eigenvalue weighted by Gasteiger charge is 2.32. The number of carbonyl (C=O) groups excluding carboxylic acids is 1. The van der Waals surface area contributed by atoms with Crippen molar-refractivity contribution in [2.24, 2.45) is 5.41 Å². The number of nitrogens with zero attached hydrogens (tertiary/aromatic N) is 1. The monoisotopic (exact) mass is 288 g/mol. The third kappa shape index (κ3) is 2.66. The van der Waals surface area contributed by atoms with Crippen LogP contribution in [0.25, 0.3) is 5.69 Å². The Bertz CT molecular complexity index is 598. The summed E-state index contributed by atoms with van der Waals surface area (Å²) in [5, 5.41) is 5.17. The molecular formula is C16H20N2OS. The largest absolute Gasteiger partial charge is 0.349 e. The summed E-state index contributed by atoms with van der Waals surface area (Å²) in [6.07, 6.45) is 7.29. The van der Waals surface area contributed by atoms with Gasteiger partial charge in [0.2, 0.25) is 0 Å². The van der Waals surface area contributed by atoms with E-state index in [2.05, 4.69) is 19.2 Å². The molecule has 0 bridgehead atoms. The van der Waals surface area contributed by atoms with E-state index < -0.39 is 0 Å². The average Bonchev–Trinajstić information content (AvgIpc) is 3.08. The Hall–Kier alpha value is -1.55. The van der Waals surface area contributed by atoms with Crippen molar-refractivity contribution in [2.75, 3.05) is 0 Å². The fourth-order valence-electron chi connectivity index (χ4n) is 2.98. The highest BCUT2D eigenvalue weighted by atomic mass is 32.1. The Morgan fingerprint density at radius 1 is 1.40 bits per heavy atom. The molecule has 1 atom stereocenters. The predicted octanol–water partition coefficient (Wildman–Crippen LogP) is 3.85. The molecule has 4 heteroatoms. The van der Waals surface area contributed by atoms with Crippen LogP contribution in [0.3, 0.4) is 0 Å². The molecule has 20 heavy (non-hydrogen) atoms. The first-order valence-corrected chi connectivity index (χ1v) is 7.95. The lowest BCUT2D eigenvalue weighted by atomic mass is 9.92. The Morgan fingerprint density at radius 2 is 2.15 bits per heavy atom. The molecule has 0 aromatic carbocycles. The lowest BCUT2D eigenvalue weighted by Gasteiger charge is -2.18. The number of hydrogen-bond donors (Lipinski definition) is 1. The lowest BCUT2D eigenvalue weighted by Crippen LogP contribution is -2.33. The van der Waals surface area contributed by atoms with E-state index in [9.17, 15) is 4.79 Å². The van der Waals surface area contributed by atoms with E-state index in [1.165, 1.54) is 17.8 Å². The van der Waals surface area contributed by atoms with Crippen molar-refractivity contribution in [1.82, 2.24) is 9.88 Å². The van der Waals surface area contributed by atoms with E-state index in [0.29, 0.717) is 11.5 Å². The maximum Gasteiger partial charge on any atom is 0.263 e. The summed E-state index contributed by atoms with van der Waals surface area (Å²) in [5.74, 6) is 0.0615. The predicted molar refractivity (Wildman–Crippen MR) is 82.5 cm³/mol. The first-order chi connectivity index (χ1) is 9.55. The molecule has 1 unspecified atom stereocenters. The first kappa shape index (κ1) is 13.4. The van der Waals surface area contributed by atoms with Crippen molar-refractivity contribution in [2.45, 2.75) is 39.2 Å². The highest BCUT2D eigenvalue weighted by Crippen LogP contribution is 2.37. The molecule has 0 saturated heterocycles. The van der Waals surface area contributed by atoms with Crippen LogP contribution in [0.1, 0.15) is 42.8 Å². The van der Waals surface area contributed by atoms with Gasteiger partial charge >= 0.3 is 0 Å². The van der Waals surface area contributed by atoms with Gasteiger partial charge in [-0.15, -0.1) is 11.3 Å². The molecule has 0 spiro atoms. The van der Waals surface area contributed by atoms with Gasteiger partial charge in [0.1, 0.15) is 4.88 Å².